The summed E-state index contributed by atoms with van der Waals surface area (Å²) < 4.78 is 13.5. The van der Waals surface area contributed by atoms with Crippen molar-refractivity contribution >= 4 is 0 Å². The summed E-state index contributed by atoms with van der Waals surface area (Å²) in [5.41, 5.74) is 1.89. The molecule has 0 aliphatic heterocycles. The van der Waals surface area contributed by atoms with Gasteiger partial charge in [0.1, 0.15) is 11.6 Å². The van der Waals surface area contributed by atoms with E-state index in [4.69, 9.17) is 5.26 Å². The zero-order valence-electron chi connectivity index (χ0n) is 12.1. The van der Waals surface area contributed by atoms with Gasteiger partial charge < -0.3 is 0 Å². The van der Waals surface area contributed by atoms with Gasteiger partial charge in [-0.25, -0.2) is 4.98 Å². The smallest absolute Gasteiger partial charge is 0.234 e. The molecule has 1 aromatic heterocycles. The largest absolute Gasteiger partial charge is 0.235 e. The first-order chi connectivity index (χ1) is 10.2. The molecular weight excluding hydrogens is 265 g/mol. The zero-order chi connectivity index (χ0) is 15.1. The number of nitrogens with zero attached hydrogens (tertiary/aromatic N) is 3. The van der Waals surface area contributed by atoms with Crippen LogP contribution in [0.15, 0.2) is 30.5 Å². The van der Waals surface area contributed by atoms with Crippen molar-refractivity contribution in [2.75, 3.05) is 0 Å². The van der Waals surface area contributed by atoms with Crippen molar-refractivity contribution in [3.63, 3.8) is 0 Å². The number of hydrogen-bond donors (Lipinski definition) is 0. The lowest BCUT2D eigenvalue weighted by Crippen LogP contribution is -1.96. The van der Waals surface area contributed by atoms with E-state index in [9.17, 15) is 4.39 Å². The SMILES string of the molecule is CCCCCCc1ccc(-c2ncc(C#N)c(F)n2)cc1. The Bertz CT molecular complexity index is 629. The van der Waals surface area contributed by atoms with Crippen molar-refractivity contribution in [1.82, 2.24) is 9.97 Å². The summed E-state index contributed by atoms with van der Waals surface area (Å²) in [7, 11) is 0. The zero-order valence-corrected chi connectivity index (χ0v) is 12.1. The van der Waals surface area contributed by atoms with Crippen LogP contribution in [0.25, 0.3) is 11.4 Å². The van der Waals surface area contributed by atoms with Gasteiger partial charge >= 0.3 is 0 Å². The minimum atomic E-state index is -0.772. The molecule has 4 heteroatoms. The number of nitriles is 1. The van der Waals surface area contributed by atoms with Crippen molar-refractivity contribution in [1.29, 1.82) is 5.26 Å². The van der Waals surface area contributed by atoms with Crippen LogP contribution in [0.4, 0.5) is 4.39 Å². The van der Waals surface area contributed by atoms with Crippen LogP contribution in [-0.4, -0.2) is 9.97 Å². The highest BCUT2D eigenvalue weighted by Gasteiger charge is 2.07. The first kappa shape index (κ1) is 15.1. The molecule has 0 unspecified atom stereocenters. The Morgan fingerprint density at radius 1 is 1.14 bits per heavy atom. The van der Waals surface area contributed by atoms with Gasteiger partial charge in [0, 0.05) is 5.56 Å². The van der Waals surface area contributed by atoms with Gasteiger partial charge in [-0.1, -0.05) is 50.5 Å². The number of rotatable bonds is 6. The van der Waals surface area contributed by atoms with E-state index in [0.29, 0.717) is 5.82 Å². The molecule has 21 heavy (non-hydrogen) atoms. The fourth-order valence-electron chi connectivity index (χ4n) is 2.15. The summed E-state index contributed by atoms with van der Waals surface area (Å²) in [4.78, 5) is 7.75. The quantitative estimate of drug-likeness (QED) is 0.587. The van der Waals surface area contributed by atoms with Crippen LogP contribution in [0.1, 0.15) is 43.7 Å². The van der Waals surface area contributed by atoms with E-state index in [2.05, 4.69) is 16.9 Å². The van der Waals surface area contributed by atoms with Gasteiger partial charge in [0.05, 0.1) is 6.20 Å². The highest BCUT2D eigenvalue weighted by atomic mass is 19.1. The van der Waals surface area contributed by atoms with Crippen molar-refractivity contribution in [2.45, 2.75) is 39.0 Å². The van der Waals surface area contributed by atoms with Gasteiger partial charge in [0.15, 0.2) is 5.82 Å². The molecule has 0 saturated carbocycles. The minimum absolute atomic E-state index is 0.133. The standard InChI is InChI=1S/C17H18FN3/c1-2-3-4-5-6-13-7-9-14(10-8-13)17-20-12-15(11-19)16(18)21-17/h7-10,12H,2-6H2,1H3. The van der Waals surface area contributed by atoms with Crippen LogP contribution in [0.3, 0.4) is 0 Å². The molecule has 3 nitrogen and oxygen atoms in total. The van der Waals surface area contributed by atoms with Crippen LogP contribution >= 0.6 is 0 Å². The van der Waals surface area contributed by atoms with E-state index in [1.165, 1.54) is 37.4 Å². The maximum atomic E-state index is 13.5. The number of aromatic nitrogens is 2. The van der Waals surface area contributed by atoms with Crippen LogP contribution < -0.4 is 0 Å². The minimum Gasteiger partial charge on any atom is -0.235 e. The third-order valence-corrected chi connectivity index (χ3v) is 3.39. The number of halogens is 1. The van der Waals surface area contributed by atoms with E-state index >= 15 is 0 Å². The lowest BCUT2D eigenvalue weighted by atomic mass is 10.0. The molecule has 0 aliphatic carbocycles. The van der Waals surface area contributed by atoms with Crippen LogP contribution in [0, 0.1) is 17.3 Å². The fraction of sp³-hybridized carbons (Fsp3) is 0.353. The summed E-state index contributed by atoms with van der Waals surface area (Å²) in [6.45, 7) is 2.20. The van der Waals surface area contributed by atoms with Gasteiger partial charge in [-0.15, -0.1) is 0 Å². The molecule has 0 saturated heterocycles. The molecule has 2 rings (SSSR count). The Morgan fingerprint density at radius 3 is 2.52 bits per heavy atom. The molecule has 0 N–H and O–H groups in total. The maximum absolute atomic E-state index is 13.5. The fourth-order valence-corrected chi connectivity index (χ4v) is 2.15. The molecule has 0 amide bonds. The Kier molecular flexibility index (Phi) is 5.39. The summed E-state index contributed by atoms with van der Waals surface area (Å²) in [6.07, 6.45) is 7.23. The molecule has 0 fully saturated rings. The highest BCUT2D eigenvalue weighted by molar-refractivity contribution is 5.55. The topological polar surface area (TPSA) is 49.6 Å². The van der Waals surface area contributed by atoms with E-state index in [-0.39, 0.29) is 5.56 Å². The molecule has 0 spiro atoms. The highest BCUT2D eigenvalue weighted by Crippen LogP contribution is 2.17. The second kappa shape index (κ2) is 7.49. The third kappa shape index (κ3) is 4.09. The van der Waals surface area contributed by atoms with Crippen molar-refractivity contribution in [3.05, 3.63) is 47.5 Å². The summed E-state index contributed by atoms with van der Waals surface area (Å²) >= 11 is 0. The molecule has 0 aliphatic rings. The van der Waals surface area contributed by atoms with E-state index in [0.717, 1.165) is 12.0 Å². The molecule has 0 radical (unpaired) electrons. The van der Waals surface area contributed by atoms with Crippen LogP contribution in [0.2, 0.25) is 0 Å². The molecule has 0 atom stereocenters. The third-order valence-electron chi connectivity index (χ3n) is 3.39. The number of benzene rings is 1. The summed E-state index contributed by atoms with van der Waals surface area (Å²) in [6, 6.07) is 9.57. The van der Waals surface area contributed by atoms with Gasteiger partial charge in [-0.3, -0.25) is 0 Å². The Morgan fingerprint density at radius 2 is 1.90 bits per heavy atom. The average molecular weight is 283 g/mol. The van der Waals surface area contributed by atoms with E-state index < -0.39 is 5.95 Å². The number of unbranched alkanes of at least 4 members (excludes halogenated alkanes) is 3. The Balaban J connectivity index is 2.05. The number of aryl methyl sites for hydroxylation is 1. The maximum Gasteiger partial charge on any atom is 0.234 e. The second-order valence-corrected chi connectivity index (χ2v) is 5.02. The lowest BCUT2D eigenvalue weighted by Gasteiger charge is -2.04. The number of hydrogen-bond acceptors (Lipinski definition) is 3. The molecule has 0 bridgehead atoms. The van der Waals surface area contributed by atoms with Crippen molar-refractivity contribution in [2.24, 2.45) is 0 Å². The summed E-state index contributed by atoms with van der Waals surface area (Å²) in [5, 5.41) is 8.67. The average Bonchev–Trinajstić information content (AvgIpc) is 2.52. The van der Waals surface area contributed by atoms with Gasteiger partial charge in [0.2, 0.25) is 5.95 Å². The monoisotopic (exact) mass is 283 g/mol. The molecule has 1 heterocycles. The predicted octanol–water partition coefficient (Wildman–Crippen LogP) is 4.28. The Hall–Kier alpha value is -2.28. The van der Waals surface area contributed by atoms with Gasteiger partial charge in [-0.05, 0) is 18.4 Å². The van der Waals surface area contributed by atoms with Gasteiger partial charge in [-0.2, -0.15) is 14.6 Å². The second-order valence-electron chi connectivity index (χ2n) is 5.02. The predicted molar refractivity (Wildman–Crippen MR) is 80.0 cm³/mol. The van der Waals surface area contributed by atoms with E-state index in [1.807, 2.05) is 24.3 Å². The van der Waals surface area contributed by atoms with Crippen LogP contribution in [0.5, 0.6) is 0 Å². The first-order valence-corrected chi connectivity index (χ1v) is 7.26. The van der Waals surface area contributed by atoms with E-state index in [1.54, 1.807) is 6.07 Å². The van der Waals surface area contributed by atoms with Crippen molar-refractivity contribution in [3.8, 4) is 17.5 Å². The molecule has 108 valence electrons. The lowest BCUT2D eigenvalue weighted by molar-refractivity contribution is 0.577. The van der Waals surface area contributed by atoms with Crippen LogP contribution in [-0.2, 0) is 6.42 Å². The Labute approximate surface area is 124 Å². The van der Waals surface area contributed by atoms with Gasteiger partial charge in [0.25, 0.3) is 0 Å². The molecule has 2 aromatic rings. The van der Waals surface area contributed by atoms with Crippen molar-refractivity contribution < 1.29 is 4.39 Å². The molecular formula is C17H18FN3. The first-order valence-electron chi connectivity index (χ1n) is 7.26. The normalized spacial score (nSPS) is 10.3. The molecule has 1 aromatic carbocycles. The summed E-state index contributed by atoms with van der Waals surface area (Å²) in [5.74, 6) is -0.463.